The van der Waals surface area contributed by atoms with Crippen molar-refractivity contribution in [1.82, 2.24) is 31.2 Å². The molecule has 2 aromatic heterocycles. The first kappa shape index (κ1) is 44.9. The van der Waals surface area contributed by atoms with E-state index in [1.54, 1.807) is 64.1 Å². The van der Waals surface area contributed by atoms with Crippen LogP contribution in [0.3, 0.4) is 0 Å². The summed E-state index contributed by atoms with van der Waals surface area (Å²) in [5.41, 5.74) is 2.01. The summed E-state index contributed by atoms with van der Waals surface area (Å²) < 4.78 is 36.0. The Morgan fingerprint density at radius 2 is 1.33 bits per heavy atom. The van der Waals surface area contributed by atoms with E-state index in [9.17, 15) is 28.7 Å². The van der Waals surface area contributed by atoms with Crippen molar-refractivity contribution in [2.45, 2.75) is 116 Å². The summed E-state index contributed by atoms with van der Waals surface area (Å²) >= 11 is 0. The highest BCUT2D eigenvalue weighted by molar-refractivity contribution is 5.98. The first-order valence-electron chi connectivity index (χ1n) is 20.9. The molecule has 324 valence electrons. The third-order valence-corrected chi connectivity index (χ3v) is 11.4. The molecule has 0 saturated heterocycles. The lowest BCUT2D eigenvalue weighted by molar-refractivity contribution is -0.0254. The molecule has 2 aliphatic carbocycles. The Morgan fingerprint density at radius 3 is 1.84 bits per heavy atom. The molecule has 4 aromatic rings. The molecular weight excluding hydrogens is 783 g/mol. The van der Waals surface area contributed by atoms with Gasteiger partial charge >= 0.3 is 0 Å². The van der Waals surface area contributed by atoms with Gasteiger partial charge < -0.3 is 31.1 Å². The molecule has 2 saturated carbocycles. The van der Waals surface area contributed by atoms with E-state index in [-0.39, 0.29) is 59.7 Å². The van der Waals surface area contributed by atoms with Crippen LogP contribution in [-0.2, 0) is 4.74 Å². The van der Waals surface area contributed by atoms with E-state index < -0.39 is 40.7 Å². The van der Waals surface area contributed by atoms with Gasteiger partial charge in [-0.05, 0) is 139 Å². The minimum absolute atomic E-state index is 0.114. The number of nitrogens with zero attached hydrogens (tertiary/aromatic N) is 2. The van der Waals surface area contributed by atoms with Gasteiger partial charge in [0, 0.05) is 53.3 Å². The van der Waals surface area contributed by atoms with Crippen molar-refractivity contribution in [3.63, 3.8) is 0 Å². The predicted octanol–water partition coefficient (Wildman–Crippen LogP) is 7.00. The van der Waals surface area contributed by atoms with Crippen molar-refractivity contribution in [2.24, 2.45) is 5.92 Å². The highest BCUT2D eigenvalue weighted by Gasteiger charge is 2.42. The lowest BCUT2D eigenvalue weighted by Gasteiger charge is -2.31. The maximum Gasteiger partial charge on any atom is 0.253 e. The maximum absolute atomic E-state index is 15.2. The fourth-order valence-corrected chi connectivity index (χ4v) is 7.29. The van der Waals surface area contributed by atoms with Gasteiger partial charge in [0.2, 0.25) is 0 Å². The maximum atomic E-state index is 15.2. The number of hydrogen-bond acceptors (Lipinski definition) is 8. The van der Waals surface area contributed by atoms with E-state index in [1.807, 2.05) is 20.8 Å². The molecule has 3 atom stereocenters. The van der Waals surface area contributed by atoms with Crippen LogP contribution < -0.4 is 21.3 Å². The summed E-state index contributed by atoms with van der Waals surface area (Å²) in [4.78, 5) is 60.5. The molecule has 2 fully saturated rings. The number of carbonyl (C=O) groups excluding carboxylic acids is 4. The number of aromatic nitrogens is 2. The van der Waals surface area contributed by atoms with Crippen molar-refractivity contribution < 1.29 is 37.8 Å². The zero-order valence-electron chi connectivity index (χ0n) is 35.9. The Balaban J connectivity index is 0.961. The quantitative estimate of drug-likeness (QED) is 0.0667. The van der Waals surface area contributed by atoms with Crippen LogP contribution in [0, 0.1) is 31.4 Å². The van der Waals surface area contributed by atoms with Crippen molar-refractivity contribution in [3.8, 4) is 22.5 Å². The van der Waals surface area contributed by atoms with E-state index in [4.69, 9.17) is 4.74 Å². The predicted molar refractivity (Wildman–Crippen MR) is 228 cm³/mol. The second kappa shape index (κ2) is 18.6. The first-order chi connectivity index (χ1) is 28.9. The molecule has 0 radical (unpaired) electrons. The third kappa shape index (κ3) is 11.4. The first-order valence-corrected chi connectivity index (χ1v) is 20.9. The summed E-state index contributed by atoms with van der Waals surface area (Å²) in [6.45, 7) is 13.1. The molecule has 6 rings (SSSR count). The van der Waals surface area contributed by atoms with Crippen LogP contribution in [-0.4, -0.2) is 81.2 Å². The molecule has 5 N–H and O–H groups in total. The summed E-state index contributed by atoms with van der Waals surface area (Å²) in [6.07, 6.45) is 6.63. The minimum atomic E-state index is -0.844. The van der Waals surface area contributed by atoms with Crippen molar-refractivity contribution >= 4 is 23.6 Å². The lowest BCUT2D eigenvalue weighted by atomic mass is 9.93. The fourth-order valence-electron chi connectivity index (χ4n) is 7.29. The smallest absolute Gasteiger partial charge is 0.253 e. The van der Waals surface area contributed by atoms with Crippen LogP contribution >= 0.6 is 0 Å². The van der Waals surface area contributed by atoms with Crippen molar-refractivity contribution in [3.05, 3.63) is 106 Å². The normalized spacial score (nSPS) is 16.7. The molecule has 61 heavy (non-hydrogen) atoms. The number of aliphatic hydroxyl groups is 1. The van der Waals surface area contributed by atoms with Gasteiger partial charge in [-0.3, -0.25) is 29.1 Å². The molecular formula is C47H56F2N6O6. The molecule has 3 unspecified atom stereocenters. The Hall–Kier alpha value is -5.60. The SMILES string of the molecule is CCCC(O)C(C)(C)NC(=O)c1ccc(-c2cc(C(=O)NC3CC3CC(C)(C)OCCNC(=O)c3ccc(-c4cc(C(=O)NC5CC5)cc(F)c4C)nc3)cc(F)c2C)nc1. The standard InChI is InChI=1S/C47H56F2N6O6/c1-8-9-41(56)47(6,7)55-45(60)29-11-15-39(52-25-29)35-19-31(21-37(49)27(35)3)44(59)54-40-22-32(40)23-46(4,5)61-17-16-50-42(57)28-10-14-38(51-24-28)34-18-30(20-36(48)26(34)2)43(58)53-33-12-13-33/h10-11,14-15,18-21,24-25,32-33,40-41,56H,8-9,12-13,16-17,22-23H2,1-7H3,(H,50,57)(H,53,58)(H,54,59)(H,55,60). The molecule has 2 aromatic carbocycles. The monoisotopic (exact) mass is 838 g/mol. The number of rotatable bonds is 18. The molecule has 12 nitrogen and oxygen atoms in total. The molecule has 0 spiro atoms. The van der Waals surface area contributed by atoms with Crippen LogP contribution in [0.1, 0.15) is 126 Å². The van der Waals surface area contributed by atoms with Gasteiger partial charge in [-0.2, -0.15) is 0 Å². The number of nitrogens with one attached hydrogen (secondary N) is 4. The largest absolute Gasteiger partial charge is 0.391 e. The molecule has 4 amide bonds. The Morgan fingerprint density at radius 1 is 0.787 bits per heavy atom. The average molecular weight is 839 g/mol. The molecule has 2 aliphatic rings. The Bertz CT molecular complexity index is 2280. The van der Waals surface area contributed by atoms with Crippen molar-refractivity contribution in [1.29, 1.82) is 0 Å². The summed E-state index contributed by atoms with van der Waals surface area (Å²) in [5, 5.41) is 22.0. The zero-order chi connectivity index (χ0) is 44.2. The second-order valence-electron chi connectivity index (χ2n) is 17.5. The number of halogens is 2. The molecule has 0 bridgehead atoms. The van der Waals surface area contributed by atoms with Gasteiger partial charge in [-0.25, -0.2) is 8.78 Å². The average Bonchev–Trinajstić information content (AvgIpc) is 4.17. The second-order valence-corrected chi connectivity index (χ2v) is 17.5. The van der Waals surface area contributed by atoms with E-state index in [2.05, 4.69) is 31.2 Å². The Labute approximate surface area is 355 Å². The van der Waals surface area contributed by atoms with E-state index in [0.29, 0.717) is 52.0 Å². The molecule has 14 heteroatoms. The Kier molecular flexibility index (Phi) is 13.7. The third-order valence-electron chi connectivity index (χ3n) is 11.4. The number of amides is 4. The minimum Gasteiger partial charge on any atom is -0.391 e. The van der Waals surface area contributed by atoms with Crippen LogP contribution in [0.4, 0.5) is 8.78 Å². The summed E-state index contributed by atoms with van der Waals surface area (Å²) in [6, 6.07) is 12.1. The van der Waals surface area contributed by atoms with Crippen molar-refractivity contribution in [2.75, 3.05) is 13.2 Å². The highest BCUT2D eigenvalue weighted by Crippen LogP contribution is 2.39. The van der Waals surface area contributed by atoms with Gasteiger partial charge in [0.1, 0.15) is 11.6 Å². The van der Waals surface area contributed by atoms with E-state index >= 15 is 4.39 Å². The summed E-state index contributed by atoms with van der Waals surface area (Å²) in [7, 11) is 0. The van der Waals surface area contributed by atoms with Crippen LogP contribution in [0.15, 0.2) is 60.9 Å². The van der Waals surface area contributed by atoms with Gasteiger partial charge in [-0.15, -0.1) is 0 Å². The van der Waals surface area contributed by atoms with E-state index in [0.717, 1.165) is 25.7 Å². The van der Waals surface area contributed by atoms with Gasteiger partial charge in [0.25, 0.3) is 23.6 Å². The fraction of sp³-hybridized carbons (Fsp3) is 0.447. The number of hydrogen-bond donors (Lipinski definition) is 5. The zero-order valence-corrected chi connectivity index (χ0v) is 35.9. The highest BCUT2D eigenvalue weighted by atomic mass is 19.1. The van der Waals surface area contributed by atoms with Crippen LogP contribution in [0.25, 0.3) is 22.5 Å². The van der Waals surface area contributed by atoms with E-state index in [1.165, 1.54) is 24.5 Å². The number of aliphatic hydroxyl groups excluding tert-OH is 1. The van der Waals surface area contributed by atoms with Gasteiger partial charge in [0.15, 0.2) is 0 Å². The lowest BCUT2D eigenvalue weighted by Crippen LogP contribution is -2.52. The summed E-state index contributed by atoms with van der Waals surface area (Å²) in [5.74, 6) is -2.39. The number of carbonyl (C=O) groups is 4. The number of benzene rings is 2. The van der Waals surface area contributed by atoms with Crippen LogP contribution in [0.2, 0.25) is 0 Å². The number of pyridine rings is 2. The molecule has 2 heterocycles. The van der Waals surface area contributed by atoms with Gasteiger partial charge in [-0.1, -0.05) is 13.3 Å². The number of ether oxygens (including phenoxy) is 1. The van der Waals surface area contributed by atoms with Crippen LogP contribution in [0.5, 0.6) is 0 Å². The van der Waals surface area contributed by atoms with Gasteiger partial charge in [0.05, 0.1) is 46.4 Å². The molecule has 0 aliphatic heterocycles. The topological polar surface area (TPSA) is 172 Å².